The number of aromatic nitrogens is 1. The molecule has 0 atom stereocenters. The fraction of sp³-hybridized carbons (Fsp3) is 0.600. The van der Waals surface area contributed by atoms with E-state index in [4.69, 9.17) is 4.74 Å². The van der Waals surface area contributed by atoms with Crippen LogP contribution in [0.2, 0.25) is 0 Å². The van der Waals surface area contributed by atoms with E-state index in [2.05, 4.69) is 26.2 Å². The van der Waals surface area contributed by atoms with Gasteiger partial charge in [0, 0.05) is 30.8 Å². The van der Waals surface area contributed by atoms with Crippen molar-refractivity contribution >= 4 is 27.7 Å². The molecule has 2 rings (SSSR count). The summed E-state index contributed by atoms with van der Waals surface area (Å²) in [4.78, 5) is 19.0. The molecule has 1 aliphatic rings. The van der Waals surface area contributed by atoms with Crippen molar-refractivity contribution in [1.82, 2.24) is 9.88 Å². The number of nitrogens with one attached hydrogen (secondary N) is 1. The minimum atomic E-state index is -0.364. The van der Waals surface area contributed by atoms with Crippen LogP contribution in [0.1, 0.15) is 38.1 Å². The second-order valence-electron chi connectivity index (χ2n) is 6.58. The second-order valence-corrected chi connectivity index (χ2v) is 7.50. The molecule has 1 aromatic heterocycles. The van der Waals surface area contributed by atoms with E-state index < -0.39 is 0 Å². The molecule has 0 bridgehead atoms. The van der Waals surface area contributed by atoms with E-state index in [1.807, 2.05) is 32.6 Å². The Labute approximate surface area is 134 Å². The molecular formula is C15H22BrN3O2. The van der Waals surface area contributed by atoms with Crippen LogP contribution in [0.4, 0.5) is 5.82 Å². The van der Waals surface area contributed by atoms with E-state index in [-0.39, 0.29) is 17.1 Å². The van der Waals surface area contributed by atoms with Crippen LogP contribution in [0.25, 0.3) is 0 Å². The standard InChI is InChI=1S/C15H22BrN3O2/c1-14(2)8-19(9-15(3,4)21-14)13(20)11-6-10(16)7-18-12(11)17-5/h6-7H,8-9H2,1-5H3,(H,17,18). The van der Waals surface area contributed by atoms with Gasteiger partial charge in [0.25, 0.3) is 5.91 Å². The van der Waals surface area contributed by atoms with Crippen LogP contribution in [0, 0.1) is 0 Å². The molecule has 0 aromatic carbocycles. The predicted molar refractivity (Wildman–Crippen MR) is 86.6 cm³/mol. The molecule has 6 heteroatoms. The number of anilines is 1. The Morgan fingerprint density at radius 1 is 1.33 bits per heavy atom. The molecule has 2 heterocycles. The Bertz CT molecular complexity index is 542. The normalized spacial score (nSPS) is 20.2. The van der Waals surface area contributed by atoms with Crippen LogP contribution in [0.5, 0.6) is 0 Å². The topological polar surface area (TPSA) is 54.5 Å². The van der Waals surface area contributed by atoms with Gasteiger partial charge in [-0.25, -0.2) is 4.98 Å². The second kappa shape index (κ2) is 5.57. The molecule has 0 unspecified atom stereocenters. The first-order valence-corrected chi connectivity index (χ1v) is 7.76. The number of amides is 1. The molecule has 1 amide bonds. The lowest BCUT2D eigenvalue weighted by molar-refractivity contribution is -0.171. The van der Waals surface area contributed by atoms with Crippen molar-refractivity contribution in [1.29, 1.82) is 0 Å². The first-order valence-electron chi connectivity index (χ1n) is 6.96. The Morgan fingerprint density at radius 3 is 2.43 bits per heavy atom. The van der Waals surface area contributed by atoms with Crippen LogP contribution in [0.15, 0.2) is 16.7 Å². The summed E-state index contributed by atoms with van der Waals surface area (Å²) in [6.45, 7) is 9.15. The lowest BCUT2D eigenvalue weighted by Gasteiger charge is -2.47. The van der Waals surface area contributed by atoms with E-state index >= 15 is 0 Å². The SMILES string of the molecule is CNc1ncc(Br)cc1C(=O)N1CC(C)(C)OC(C)(C)C1. The highest BCUT2D eigenvalue weighted by Gasteiger charge is 2.40. The number of hydrogen-bond acceptors (Lipinski definition) is 4. The van der Waals surface area contributed by atoms with Gasteiger partial charge in [0.05, 0.1) is 16.8 Å². The van der Waals surface area contributed by atoms with Gasteiger partial charge in [0.2, 0.25) is 0 Å². The van der Waals surface area contributed by atoms with Crippen molar-refractivity contribution in [2.24, 2.45) is 0 Å². The highest BCUT2D eigenvalue weighted by molar-refractivity contribution is 9.10. The fourth-order valence-corrected chi connectivity index (χ4v) is 3.23. The molecule has 5 nitrogen and oxygen atoms in total. The quantitative estimate of drug-likeness (QED) is 0.885. The Balaban J connectivity index is 2.33. The van der Waals surface area contributed by atoms with Gasteiger partial charge in [0.15, 0.2) is 0 Å². The van der Waals surface area contributed by atoms with Gasteiger partial charge in [-0.05, 0) is 49.7 Å². The van der Waals surface area contributed by atoms with Crippen LogP contribution >= 0.6 is 15.9 Å². The third-order valence-corrected chi connectivity index (χ3v) is 3.74. The molecule has 21 heavy (non-hydrogen) atoms. The molecule has 0 saturated carbocycles. The molecule has 0 radical (unpaired) electrons. The first kappa shape index (κ1) is 16.2. The van der Waals surface area contributed by atoms with Gasteiger partial charge in [-0.1, -0.05) is 0 Å². The number of carbonyl (C=O) groups excluding carboxylic acids is 1. The van der Waals surface area contributed by atoms with Gasteiger partial charge in [-0.15, -0.1) is 0 Å². The maximum Gasteiger partial charge on any atom is 0.257 e. The number of carbonyl (C=O) groups is 1. The lowest BCUT2D eigenvalue weighted by Crippen LogP contribution is -2.58. The number of morpholine rings is 1. The number of rotatable bonds is 2. The summed E-state index contributed by atoms with van der Waals surface area (Å²) < 4.78 is 6.81. The largest absolute Gasteiger partial charge is 0.372 e. The smallest absolute Gasteiger partial charge is 0.257 e. The summed E-state index contributed by atoms with van der Waals surface area (Å²) >= 11 is 3.38. The zero-order valence-corrected chi connectivity index (χ0v) is 14.7. The van der Waals surface area contributed by atoms with Crippen molar-refractivity contribution < 1.29 is 9.53 Å². The molecular weight excluding hydrogens is 334 g/mol. The Morgan fingerprint density at radius 2 is 1.90 bits per heavy atom. The molecule has 0 aliphatic carbocycles. The van der Waals surface area contributed by atoms with Gasteiger partial charge in [-0.3, -0.25) is 4.79 Å². The molecule has 1 aromatic rings. The fourth-order valence-electron chi connectivity index (χ4n) is 2.90. The van der Waals surface area contributed by atoms with Gasteiger partial charge in [-0.2, -0.15) is 0 Å². The Hall–Kier alpha value is -1.14. The lowest BCUT2D eigenvalue weighted by atomic mass is 9.98. The van der Waals surface area contributed by atoms with E-state index in [9.17, 15) is 4.79 Å². The van der Waals surface area contributed by atoms with Crippen molar-refractivity contribution in [2.75, 3.05) is 25.5 Å². The van der Waals surface area contributed by atoms with Crippen LogP contribution in [-0.4, -0.2) is 47.1 Å². The summed E-state index contributed by atoms with van der Waals surface area (Å²) in [5.74, 6) is 0.558. The van der Waals surface area contributed by atoms with Gasteiger partial charge >= 0.3 is 0 Å². The monoisotopic (exact) mass is 355 g/mol. The summed E-state index contributed by atoms with van der Waals surface area (Å²) in [6.07, 6.45) is 1.68. The molecule has 1 fully saturated rings. The van der Waals surface area contributed by atoms with Crippen LogP contribution in [0.3, 0.4) is 0 Å². The third-order valence-electron chi connectivity index (χ3n) is 3.30. The molecule has 1 N–H and O–H groups in total. The highest BCUT2D eigenvalue weighted by atomic mass is 79.9. The minimum Gasteiger partial charge on any atom is -0.372 e. The summed E-state index contributed by atoms with van der Waals surface area (Å²) in [5.41, 5.74) is -0.159. The summed E-state index contributed by atoms with van der Waals surface area (Å²) in [7, 11) is 1.76. The summed E-state index contributed by atoms with van der Waals surface area (Å²) in [6, 6.07) is 1.80. The maximum absolute atomic E-state index is 12.9. The van der Waals surface area contributed by atoms with Crippen LogP contribution < -0.4 is 5.32 Å². The van der Waals surface area contributed by atoms with Gasteiger partial charge < -0.3 is 15.0 Å². The average molecular weight is 356 g/mol. The average Bonchev–Trinajstić information content (AvgIpc) is 2.34. The van der Waals surface area contributed by atoms with E-state index in [1.165, 1.54) is 0 Å². The predicted octanol–water partition coefficient (Wildman–Crippen LogP) is 2.92. The Kier molecular flexibility index (Phi) is 4.31. The number of ether oxygens (including phenoxy) is 1. The zero-order chi connectivity index (χ0) is 15.8. The van der Waals surface area contributed by atoms with E-state index in [1.54, 1.807) is 19.3 Å². The molecule has 1 aliphatic heterocycles. The minimum absolute atomic E-state index is 0.0300. The molecule has 1 saturated heterocycles. The maximum atomic E-state index is 12.9. The van der Waals surface area contributed by atoms with Gasteiger partial charge in [0.1, 0.15) is 5.82 Å². The molecule has 116 valence electrons. The highest BCUT2D eigenvalue weighted by Crippen LogP contribution is 2.30. The van der Waals surface area contributed by atoms with Crippen molar-refractivity contribution in [2.45, 2.75) is 38.9 Å². The number of pyridine rings is 1. The number of hydrogen-bond donors (Lipinski definition) is 1. The number of nitrogens with zero attached hydrogens (tertiary/aromatic N) is 2. The molecule has 0 spiro atoms. The van der Waals surface area contributed by atoms with Crippen molar-refractivity contribution in [3.05, 3.63) is 22.3 Å². The zero-order valence-electron chi connectivity index (χ0n) is 13.2. The van der Waals surface area contributed by atoms with Crippen molar-refractivity contribution in [3.63, 3.8) is 0 Å². The first-order chi connectivity index (χ1) is 9.63. The van der Waals surface area contributed by atoms with E-state index in [0.717, 1.165) is 4.47 Å². The third kappa shape index (κ3) is 3.74. The van der Waals surface area contributed by atoms with Crippen molar-refractivity contribution in [3.8, 4) is 0 Å². The van der Waals surface area contributed by atoms with E-state index in [0.29, 0.717) is 24.5 Å². The summed E-state index contributed by atoms with van der Waals surface area (Å²) in [5, 5.41) is 2.97. The number of halogens is 1. The van der Waals surface area contributed by atoms with Crippen LogP contribution in [-0.2, 0) is 4.74 Å².